The molecule has 0 aromatic heterocycles. The molecule has 0 spiro atoms. The molecular weight excluding hydrogens is 319 g/mol. The molecule has 0 heterocycles. The average molecular weight is 342 g/mol. The van der Waals surface area contributed by atoms with Crippen LogP contribution in [0.4, 0.5) is 4.39 Å². The van der Waals surface area contributed by atoms with Crippen LogP contribution in [0.2, 0.25) is 0 Å². The van der Waals surface area contributed by atoms with Gasteiger partial charge < -0.3 is 10.0 Å². The summed E-state index contributed by atoms with van der Waals surface area (Å²) in [5, 5.41) is 9.67. The van der Waals surface area contributed by atoms with Gasteiger partial charge in [0.2, 0.25) is 5.91 Å². The summed E-state index contributed by atoms with van der Waals surface area (Å²) in [4.78, 5) is 16.9. The van der Waals surface area contributed by atoms with E-state index in [2.05, 4.69) is 0 Å². The van der Waals surface area contributed by atoms with Gasteiger partial charge in [-0.3, -0.25) is 9.69 Å². The lowest BCUT2D eigenvalue weighted by atomic mass is 10.0. The zero-order chi connectivity index (χ0) is 18.0. The molecule has 1 unspecified atom stereocenters. The number of carbonyl (C=O) groups is 1. The molecule has 0 bridgehead atoms. The number of benzene rings is 2. The molecule has 2 aromatic carbocycles. The van der Waals surface area contributed by atoms with E-state index in [0.717, 1.165) is 18.4 Å². The monoisotopic (exact) mass is 342 g/mol. The van der Waals surface area contributed by atoms with Crippen LogP contribution in [0.5, 0.6) is 5.75 Å². The molecule has 1 atom stereocenters. The number of hydrogen-bond donors (Lipinski definition) is 1. The van der Waals surface area contributed by atoms with Gasteiger partial charge in [-0.05, 0) is 62.3 Å². The average Bonchev–Trinajstić information content (AvgIpc) is 3.37. The van der Waals surface area contributed by atoms with Crippen LogP contribution in [0.1, 0.15) is 30.0 Å². The predicted octanol–water partition coefficient (Wildman–Crippen LogP) is 3.33. The summed E-state index contributed by atoms with van der Waals surface area (Å²) in [6, 6.07) is 12.9. The Balaban J connectivity index is 1.87. The number of phenols is 1. The summed E-state index contributed by atoms with van der Waals surface area (Å²) in [6.45, 7) is 0.442. The Morgan fingerprint density at radius 3 is 2.52 bits per heavy atom. The van der Waals surface area contributed by atoms with Crippen molar-refractivity contribution in [1.82, 2.24) is 9.80 Å². The van der Waals surface area contributed by atoms with E-state index in [-0.39, 0.29) is 23.5 Å². The SMILES string of the molecule is CN(C)C(C(=O)N(Cc1cccc(O)c1)C1CC1)c1cccc(F)c1. The van der Waals surface area contributed by atoms with Crippen molar-refractivity contribution in [3.05, 3.63) is 65.5 Å². The van der Waals surface area contributed by atoms with E-state index in [4.69, 9.17) is 0 Å². The molecule has 25 heavy (non-hydrogen) atoms. The number of aromatic hydroxyl groups is 1. The fraction of sp³-hybridized carbons (Fsp3) is 0.350. The van der Waals surface area contributed by atoms with Crippen LogP contribution in [0.15, 0.2) is 48.5 Å². The minimum absolute atomic E-state index is 0.0403. The predicted molar refractivity (Wildman–Crippen MR) is 94.5 cm³/mol. The summed E-state index contributed by atoms with van der Waals surface area (Å²) >= 11 is 0. The summed E-state index contributed by atoms with van der Waals surface area (Å²) in [7, 11) is 3.65. The number of carbonyl (C=O) groups excluding carboxylic acids is 1. The number of phenolic OH excluding ortho intramolecular Hbond substituents is 1. The highest BCUT2D eigenvalue weighted by Crippen LogP contribution is 2.33. The fourth-order valence-corrected chi connectivity index (χ4v) is 3.12. The van der Waals surface area contributed by atoms with Crippen molar-refractivity contribution in [1.29, 1.82) is 0 Å². The van der Waals surface area contributed by atoms with Crippen LogP contribution in [0.3, 0.4) is 0 Å². The number of halogens is 1. The van der Waals surface area contributed by atoms with Gasteiger partial charge in [-0.25, -0.2) is 4.39 Å². The van der Waals surface area contributed by atoms with Gasteiger partial charge in [0.1, 0.15) is 17.6 Å². The van der Waals surface area contributed by atoms with E-state index in [1.54, 1.807) is 30.3 Å². The smallest absolute Gasteiger partial charge is 0.245 e. The van der Waals surface area contributed by atoms with Gasteiger partial charge >= 0.3 is 0 Å². The second kappa shape index (κ2) is 7.23. The molecule has 1 amide bonds. The zero-order valence-corrected chi connectivity index (χ0v) is 14.5. The van der Waals surface area contributed by atoms with Gasteiger partial charge in [0.15, 0.2) is 0 Å². The molecule has 1 aliphatic carbocycles. The first-order chi connectivity index (χ1) is 12.0. The zero-order valence-electron chi connectivity index (χ0n) is 14.5. The van der Waals surface area contributed by atoms with Crippen LogP contribution >= 0.6 is 0 Å². The largest absolute Gasteiger partial charge is 0.508 e. The van der Waals surface area contributed by atoms with E-state index in [1.807, 2.05) is 30.0 Å². The number of likely N-dealkylation sites (N-methyl/N-ethyl adjacent to an activating group) is 1. The molecule has 3 rings (SSSR count). The highest BCUT2D eigenvalue weighted by Gasteiger charge is 2.37. The Morgan fingerprint density at radius 2 is 1.92 bits per heavy atom. The van der Waals surface area contributed by atoms with Crippen LogP contribution in [-0.2, 0) is 11.3 Å². The molecule has 1 N–H and O–H groups in total. The van der Waals surface area contributed by atoms with Crippen LogP contribution < -0.4 is 0 Å². The molecular formula is C20H23FN2O2. The highest BCUT2D eigenvalue weighted by atomic mass is 19.1. The molecule has 1 saturated carbocycles. The Kier molecular flexibility index (Phi) is 5.04. The first-order valence-electron chi connectivity index (χ1n) is 8.46. The Labute approximate surface area is 147 Å². The van der Waals surface area contributed by atoms with E-state index in [1.165, 1.54) is 12.1 Å². The fourth-order valence-electron chi connectivity index (χ4n) is 3.12. The van der Waals surface area contributed by atoms with Gasteiger partial charge in [-0.1, -0.05) is 24.3 Å². The minimum Gasteiger partial charge on any atom is -0.508 e. The van der Waals surface area contributed by atoms with E-state index < -0.39 is 6.04 Å². The number of nitrogens with zero attached hydrogens (tertiary/aromatic N) is 2. The van der Waals surface area contributed by atoms with Crippen molar-refractivity contribution >= 4 is 5.91 Å². The Bertz CT molecular complexity index is 759. The van der Waals surface area contributed by atoms with Crippen LogP contribution in [0, 0.1) is 5.82 Å². The summed E-state index contributed by atoms with van der Waals surface area (Å²) < 4.78 is 13.6. The summed E-state index contributed by atoms with van der Waals surface area (Å²) in [5.41, 5.74) is 1.54. The van der Waals surface area contributed by atoms with Gasteiger partial charge in [-0.2, -0.15) is 0 Å². The van der Waals surface area contributed by atoms with E-state index >= 15 is 0 Å². The lowest BCUT2D eigenvalue weighted by Crippen LogP contribution is -2.41. The first-order valence-corrected chi connectivity index (χ1v) is 8.46. The van der Waals surface area contributed by atoms with Crippen molar-refractivity contribution in [2.24, 2.45) is 0 Å². The first kappa shape index (κ1) is 17.4. The third-order valence-electron chi connectivity index (χ3n) is 4.45. The minimum atomic E-state index is -0.534. The molecule has 1 fully saturated rings. The standard InChI is InChI=1S/C20H23FN2O2/c1-22(2)19(15-6-4-7-16(21)12-15)20(25)23(17-9-10-17)13-14-5-3-8-18(24)11-14/h3-8,11-12,17,19,24H,9-10,13H2,1-2H3. The molecule has 2 aromatic rings. The maximum atomic E-state index is 13.6. The molecule has 0 aliphatic heterocycles. The molecule has 4 nitrogen and oxygen atoms in total. The lowest BCUT2D eigenvalue weighted by Gasteiger charge is -2.31. The molecule has 1 aliphatic rings. The molecule has 132 valence electrons. The Hall–Kier alpha value is -2.40. The summed E-state index contributed by atoms with van der Waals surface area (Å²) in [6.07, 6.45) is 1.96. The number of amides is 1. The van der Waals surface area contributed by atoms with Gasteiger partial charge in [-0.15, -0.1) is 0 Å². The Morgan fingerprint density at radius 1 is 1.20 bits per heavy atom. The lowest BCUT2D eigenvalue weighted by molar-refractivity contribution is -0.137. The maximum Gasteiger partial charge on any atom is 0.245 e. The highest BCUT2D eigenvalue weighted by molar-refractivity contribution is 5.84. The van der Waals surface area contributed by atoms with Crippen molar-refractivity contribution in [2.75, 3.05) is 14.1 Å². The normalized spacial score (nSPS) is 15.2. The third-order valence-corrected chi connectivity index (χ3v) is 4.45. The quantitative estimate of drug-likeness (QED) is 0.876. The van der Waals surface area contributed by atoms with Crippen molar-refractivity contribution in [3.8, 4) is 5.75 Å². The molecule has 0 radical (unpaired) electrons. The van der Waals surface area contributed by atoms with E-state index in [9.17, 15) is 14.3 Å². The summed E-state index contributed by atoms with van der Waals surface area (Å²) in [5.74, 6) is -0.195. The van der Waals surface area contributed by atoms with Gasteiger partial charge in [0, 0.05) is 12.6 Å². The van der Waals surface area contributed by atoms with Crippen molar-refractivity contribution in [3.63, 3.8) is 0 Å². The topological polar surface area (TPSA) is 43.8 Å². The molecule has 5 heteroatoms. The van der Waals surface area contributed by atoms with Gasteiger partial charge in [0.05, 0.1) is 0 Å². The third kappa shape index (κ3) is 4.17. The van der Waals surface area contributed by atoms with Crippen LogP contribution in [0.25, 0.3) is 0 Å². The van der Waals surface area contributed by atoms with Crippen molar-refractivity contribution in [2.45, 2.75) is 31.5 Å². The van der Waals surface area contributed by atoms with E-state index in [0.29, 0.717) is 12.1 Å². The number of hydrogen-bond acceptors (Lipinski definition) is 3. The molecule has 0 saturated heterocycles. The number of rotatable bonds is 6. The maximum absolute atomic E-state index is 13.6. The van der Waals surface area contributed by atoms with Crippen molar-refractivity contribution < 1.29 is 14.3 Å². The second-order valence-electron chi connectivity index (χ2n) is 6.79. The van der Waals surface area contributed by atoms with Gasteiger partial charge in [0.25, 0.3) is 0 Å². The second-order valence-corrected chi connectivity index (χ2v) is 6.79. The van der Waals surface area contributed by atoms with Crippen LogP contribution in [-0.4, -0.2) is 41.0 Å².